The molecule has 0 aliphatic heterocycles. The maximum absolute atomic E-state index is 12.5. The highest BCUT2D eigenvalue weighted by molar-refractivity contribution is 5.77. The smallest absolute Gasteiger partial charge is 0.460 e. The molecule has 0 aliphatic rings. The summed E-state index contributed by atoms with van der Waals surface area (Å²) < 4.78 is 16.4. The lowest BCUT2D eigenvalue weighted by atomic mass is 9.97. The Morgan fingerprint density at radius 3 is 2.00 bits per heavy atom. The first-order chi connectivity index (χ1) is 15.0. The zero-order valence-corrected chi connectivity index (χ0v) is 20.1. The van der Waals surface area contributed by atoms with E-state index in [4.69, 9.17) is 14.2 Å². The first-order valence-corrected chi connectivity index (χ1v) is 11.0. The van der Waals surface area contributed by atoms with Crippen molar-refractivity contribution in [2.24, 2.45) is 5.92 Å². The molecule has 174 valence electrons. The van der Waals surface area contributed by atoms with Crippen LogP contribution in [0.2, 0.25) is 0 Å². The van der Waals surface area contributed by atoms with Gasteiger partial charge >= 0.3 is 12.1 Å². The number of likely N-dealkylation sites (N-methyl/N-ethyl adjacent to an activating group) is 1. The number of hydrogen-bond donors (Lipinski definition) is 0. The van der Waals surface area contributed by atoms with E-state index in [0.717, 1.165) is 17.5 Å². The number of quaternary nitrogens is 1. The maximum atomic E-state index is 12.5. The second kappa shape index (κ2) is 11.7. The van der Waals surface area contributed by atoms with E-state index in [2.05, 4.69) is 26.0 Å². The summed E-state index contributed by atoms with van der Waals surface area (Å²) in [5.41, 5.74) is 3.02. The summed E-state index contributed by atoms with van der Waals surface area (Å²) in [5.74, 6) is 0.360. The quantitative estimate of drug-likeness (QED) is 0.296. The highest BCUT2D eigenvalue weighted by Gasteiger charge is 2.17. The van der Waals surface area contributed by atoms with Gasteiger partial charge in [-0.25, -0.2) is 4.79 Å². The third-order valence-electron chi connectivity index (χ3n) is 4.96. The van der Waals surface area contributed by atoms with Gasteiger partial charge in [0.15, 0.2) is 0 Å². The molecule has 1 unspecified atom stereocenters. The van der Waals surface area contributed by atoms with Gasteiger partial charge in [-0.2, -0.15) is 0 Å². The van der Waals surface area contributed by atoms with Gasteiger partial charge in [0, 0.05) is 0 Å². The van der Waals surface area contributed by atoms with Gasteiger partial charge in [0.1, 0.15) is 25.5 Å². The Balaban J connectivity index is 1.79. The highest BCUT2D eigenvalue weighted by atomic mass is 16.7. The minimum Gasteiger partial charge on any atom is -0.460 e. The molecule has 0 aliphatic carbocycles. The second-order valence-electron chi connectivity index (χ2n) is 9.53. The van der Waals surface area contributed by atoms with Crippen LogP contribution >= 0.6 is 0 Å². The summed E-state index contributed by atoms with van der Waals surface area (Å²) in [4.78, 5) is 24.2. The van der Waals surface area contributed by atoms with Crippen LogP contribution in [0, 0.1) is 5.92 Å². The van der Waals surface area contributed by atoms with E-state index in [0.29, 0.717) is 22.7 Å². The number of carbonyl (C=O) groups excluding carboxylic acids is 2. The van der Waals surface area contributed by atoms with Crippen LogP contribution in [-0.4, -0.2) is 50.9 Å². The molecule has 0 amide bonds. The lowest BCUT2D eigenvalue weighted by Gasteiger charge is -2.23. The minimum absolute atomic E-state index is 0.156. The summed E-state index contributed by atoms with van der Waals surface area (Å²) in [7, 11) is 6.06. The average molecular weight is 443 g/mol. The number of benzene rings is 2. The van der Waals surface area contributed by atoms with Gasteiger partial charge in [0.25, 0.3) is 0 Å². The average Bonchev–Trinajstić information content (AvgIpc) is 2.71. The van der Waals surface area contributed by atoms with Crippen LogP contribution in [0.1, 0.15) is 43.4 Å². The minimum atomic E-state index is -0.731. The molecule has 1 atom stereocenters. The molecule has 0 aromatic heterocycles. The topological polar surface area (TPSA) is 61.8 Å². The lowest BCUT2D eigenvalue weighted by molar-refractivity contribution is -0.870. The van der Waals surface area contributed by atoms with E-state index in [9.17, 15) is 9.59 Å². The van der Waals surface area contributed by atoms with Crippen molar-refractivity contribution < 1.29 is 28.3 Å². The SMILES string of the molecule is CC(C)Cc1ccc(C(C)C(=O)OCc2ccc(OC(=O)OCC[N+](C)(C)C)cc2)cc1. The van der Waals surface area contributed by atoms with Crippen molar-refractivity contribution in [3.05, 3.63) is 65.2 Å². The molecule has 0 saturated heterocycles. The third-order valence-corrected chi connectivity index (χ3v) is 4.96. The number of rotatable bonds is 10. The number of esters is 1. The van der Waals surface area contributed by atoms with Crippen molar-refractivity contribution in [3.63, 3.8) is 0 Å². The lowest BCUT2D eigenvalue weighted by Crippen LogP contribution is -2.38. The van der Waals surface area contributed by atoms with Gasteiger partial charge in [-0.15, -0.1) is 0 Å². The molecule has 0 spiro atoms. The van der Waals surface area contributed by atoms with Crippen molar-refractivity contribution in [2.45, 2.75) is 39.7 Å². The molecule has 0 saturated carbocycles. The molecule has 0 fully saturated rings. The summed E-state index contributed by atoms with van der Waals surface area (Å²) in [6, 6.07) is 15.0. The van der Waals surface area contributed by atoms with Gasteiger partial charge in [0.2, 0.25) is 0 Å². The van der Waals surface area contributed by atoms with Crippen LogP contribution in [-0.2, 0) is 27.3 Å². The number of ether oxygens (including phenoxy) is 3. The number of nitrogens with zero attached hydrogens (tertiary/aromatic N) is 1. The molecule has 0 radical (unpaired) electrons. The molecular weight excluding hydrogens is 406 g/mol. The Bertz CT molecular complexity index is 867. The Morgan fingerprint density at radius 1 is 0.844 bits per heavy atom. The van der Waals surface area contributed by atoms with Gasteiger partial charge in [-0.3, -0.25) is 4.79 Å². The van der Waals surface area contributed by atoms with Gasteiger partial charge in [-0.1, -0.05) is 50.2 Å². The molecule has 6 heteroatoms. The van der Waals surface area contributed by atoms with Crippen molar-refractivity contribution in [1.29, 1.82) is 0 Å². The fraction of sp³-hybridized carbons (Fsp3) is 0.462. The van der Waals surface area contributed by atoms with Crippen LogP contribution in [0.25, 0.3) is 0 Å². The van der Waals surface area contributed by atoms with E-state index in [1.807, 2.05) is 40.2 Å². The molecule has 2 rings (SSSR count). The molecule has 2 aromatic carbocycles. The zero-order chi connectivity index (χ0) is 23.7. The standard InChI is InChI=1S/C26H36NO5/c1-19(2)17-21-7-11-23(12-8-21)20(3)25(28)31-18-22-9-13-24(14-10-22)32-26(29)30-16-15-27(4,5)6/h7-14,19-20H,15-18H2,1-6H3/q+1. The Labute approximate surface area is 191 Å². The van der Waals surface area contributed by atoms with Crippen molar-refractivity contribution in [2.75, 3.05) is 34.3 Å². The Kier molecular flexibility index (Phi) is 9.27. The maximum Gasteiger partial charge on any atom is 0.514 e. The van der Waals surface area contributed by atoms with E-state index < -0.39 is 6.16 Å². The number of carbonyl (C=O) groups is 2. The Morgan fingerprint density at radius 2 is 1.44 bits per heavy atom. The Hall–Kier alpha value is -2.86. The first kappa shape index (κ1) is 25.4. The highest BCUT2D eigenvalue weighted by Crippen LogP contribution is 2.20. The van der Waals surface area contributed by atoms with Gasteiger partial charge < -0.3 is 18.7 Å². The number of hydrogen-bond acceptors (Lipinski definition) is 5. The monoisotopic (exact) mass is 442 g/mol. The van der Waals surface area contributed by atoms with E-state index >= 15 is 0 Å². The van der Waals surface area contributed by atoms with Gasteiger partial charge in [0.05, 0.1) is 27.1 Å². The fourth-order valence-electron chi connectivity index (χ4n) is 3.01. The molecule has 0 bridgehead atoms. The van der Waals surface area contributed by atoms with Crippen LogP contribution < -0.4 is 4.74 Å². The summed E-state index contributed by atoms with van der Waals surface area (Å²) in [5, 5.41) is 0. The first-order valence-electron chi connectivity index (χ1n) is 11.0. The summed E-state index contributed by atoms with van der Waals surface area (Å²) in [6.45, 7) is 7.36. The molecule has 0 N–H and O–H groups in total. The van der Waals surface area contributed by atoms with Crippen LogP contribution in [0.15, 0.2) is 48.5 Å². The summed E-state index contributed by atoms with van der Waals surface area (Å²) in [6.07, 6.45) is 0.290. The zero-order valence-electron chi connectivity index (χ0n) is 20.1. The molecule has 2 aromatic rings. The fourth-order valence-corrected chi connectivity index (χ4v) is 3.01. The van der Waals surface area contributed by atoms with Gasteiger partial charge in [-0.05, 0) is 48.1 Å². The predicted octanol–water partition coefficient (Wildman–Crippen LogP) is 4.95. The normalized spacial score (nSPS) is 12.3. The van der Waals surface area contributed by atoms with E-state index in [1.54, 1.807) is 24.3 Å². The van der Waals surface area contributed by atoms with Crippen LogP contribution in [0.3, 0.4) is 0 Å². The second-order valence-corrected chi connectivity index (χ2v) is 9.53. The molecule has 0 heterocycles. The summed E-state index contributed by atoms with van der Waals surface area (Å²) >= 11 is 0. The van der Waals surface area contributed by atoms with Crippen molar-refractivity contribution in [1.82, 2.24) is 0 Å². The van der Waals surface area contributed by atoms with E-state index in [1.165, 1.54) is 5.56 Å². The van der Waals surface area contributed by atoms with Crippen LogP contribution in [0.4, 0.5) is 4.79 Å². The van der Waals surface area contributed by atoms with Crippen molar-refractivity contribution >= 4 is 12.1 Å². The van der Waals surface area contributed by atoms with Crippen molar-refractivity contribution in [3.8, 4) is 5.75 Å². The molecule has 32 heavy (non-hydrogen) atoms. The molecular formula is C26H36NO5+. The molecule has 6 nitrogen and oxygen atoms in total. The van der Waals surface area contributed by atoms with E-state index in [-0.39, 0.29) is 25.1 Å². The predicted molar refractivity (Wildman–Crippen MR) is 125 cm³/mol. The largest absolute Gasteiger partial charge is 0.514 e. The third kappa shape index (κ3) is 9.10. The van der Waals surface area contributed by atoms with Crippen LogP contribution in [0.5, 0.6) is 5.75 Å².